The SMILES string of the molecule is CCCn1cc(-c2ccoc2CNCC)cn1. The van der Waals surface area contributed by atoms with Gasteiger partial charge >= 0.3 is 0 Å². The van der Waals surface area contributed by atoms with Crippen LogP contribution in [0.15, 0.2) is 29.1 Å². The van der Waals surface area contributed by atoms with Crippen LogP contribution in [-0.2, 0) is 13.1 Å². The molecule has 92 valence electrons. The number of nitrogens with zero attached hydrogens (tertiary/aromatic N) is 2. The Morgan fingerprint density at radius 2 is 2.29 bits per heavy atom. The Labute approximate surface area is 102 Å². The number of furan rings is 1. The topological polar surface area (TPSA) is 43.0 Å². The first-order chi connectivity index (χ1) is 8.35. The first kappa shape index (κ1) is 11.9. The van der Waals surface area contributed by atoms with Gasteiger partial charge in [0.05, 0.1) is 19.0 Å². The Hall–Kier alpha value is -1.55. The van der Waals surface area contributed by atoms with Crippen LogP contribution in [0.1, 0.15) is 26.0 Å². The lowest BCUT2D eigenvalue weighted by Gasteiger charge is -2.01. The molecule has 4 heteroatoms. The molecule has 0 atom stereocenters. The van der Waals surface area contributed by atoms with Crippen LogP contribution < -0.4 is 5.32 Å². The zero-order valence-electron chi connectivity index (χ0n) is 10.4. The van der Waals surface area contributed by atoms with Gasteiger partial charge in [-0.2, -0.15) is 5.10 Å². The summed E-state index contributed by atoms with van der Waals surface area (Å²) in [6, 6.07) is 2.00. The molecule has 2 aromatic rings. The Morgan fingerprint density at radius 1 is 1.41 bits per heavy atom. The lowest BCUT2D eigenvalue weighted by molar-refractivity contribution is 0.489. The number of rotatable bonds is 6. The van der Waals surface area contributed by atoms with Crippen LogP contribution in [0.3, 0.4) is 0 Å². The highest BCUT2D eigenvalue weighted by atomic mass is 16.3. The van der Waals surface area contributed by atoms with Crippen molar-refractivity contribution in [3.8, 4) is 11.1 Å². The van der Waals surface area contributed by atoms with Crippen molar-refractivity contribution in [1.29, 1.82) is 0 Å². The molecular weight excluding hydrogens is 214 g/mol. The lowest BCUT2D eigenvalue weighted by Crippen LogP contribution is -2.11. The van der Waals surface area contributed by atoms with E-state index in [9.17, 15) is 0 Å². The second-order valence-corrected chi connectivity index (χ2v) is 4.03. The van der Waals surface area contributed by atoms with Gasteiger partial charge < -0.3 is 9.73 Å². The maximum Gasteiger partial charge on any atom is 0.125 e. The molecule has 0 radical (unpaired) electrons. The highest BCUT2D eigenvalue weighted by Gasteiger charge is 2.09. The molecule has 0 aliphatic carbocycles. The molecule has 1 N–H and O–H groups in total. The molecular formula is C13H19N3O. The van der Waals surface area contributed by atoms with Gasteiger partial charge in [0.1, 0.15) is 5.76 Å². The number of hydrogen-bond acceptors (Lipinski definition) is 3. The Balaban J connectivity index is 2.17. The fourth-order valence-corrected chi connectivity index (χ4v) is 1.83. The number of aryl methyl sites for hydroxylation is 1. The molecule has 0 fully saturated rings. The first-order valence-electron chi connectivity index (χ1n) is 6.15. The molecule has 0 aliphatic heterocycles. The van der Waals surface area contributed by atoms with Crippen molar-refractivity contribution in [3.05, 3.63) is 30.5 Å². The van der Waals surface area contributed by atoms with Gasteiger partial charge in [0.2, 0.25) is 0 Å². The molecule has 0 spiro atoms. The first-order valence-corrected chi connectivity index (χ1v) is 6.15. The molecule has 0 bridgehead atoms. The van der Waals surface area contributed by atoms with E-state index in [1.54, 1.807) is 6.26 Å². The summed E-state index contributed by atoms with van der Waals surface area (Å²) < 4.78 is 7.46. The molecule has 2 aromatic heterocycles. The van der Waals surface area contributed by atoms with Crippen molar-refractivity contribution >= 4 is 0 Å². The van der Waals surface area contributed by atoms with Gasteiger partial charge in [-0.3, -0.25) is 4.68 Å². The number of hydrogen-bond donors (Lipinski definition) is 1. The van der Waals surface area contributed by atoms with Crippen LogP contribution in [0.4, 0.5) is 0 Å². The third-order valence-electron chi connectivity index (χ3n) is 2.68. The molecule has 0 aromatic carbocycles. The predicted octanol–water partition coefficient (Wildman–Crippen LogP) is 2.66. The maximum atomic E-state index is 5.49. The van der Waals surface area contributed by atoms with E-state index < -0.39 is 0 Å². The van der Waals surface area contributed by atoms with E-state index in [-0.39, 0.29) is 0 Å². The summed E-state index contributed by atoms with van der Waals surface area (Å²) >= 11 is 0. The molecule has 0 aliphatic rings. The third-order valence-corrected chi connectivity index (χ3v) is 2.68. The zero-order chi connectivity index (χ0) is 12.1. The maximum absolute atomic E-state index is 5.49. The van der Waals surface area contributed by atoms with Crippen molar-refractivity contribution in [3.63, 3.8) is 0 Å². The van der Waals surface area contributed by atoms with Gasteiger partial charge in [0.25, 0.3) is 0 Å². The van der Waals surface area contributed by atoms with E-state index >= 15 is 0 Å². The Kier molecular flexibility index (Phi) is 3.98. The molecule has 0 saturated carbocycles. The highest BCUT2D eigenvalue weighted by Crippen LogP contribution is 2.24. The van der Waals surface area contributed by atoms with E-state index in [2.05, 4.69) is 30.5 Å². The van der Waals surface area contributed by atoms with Crippen LogP contribution >= 0.6 is 0 Å². The van der Waals surface area contributed by atoms with Gasteiger partial charge in [-0.1, -0.05) is 13.8 Å². The average Bonchev–Trinajstić information content (AvgIpc) is 2.94. The Morgan fingerprint density at radius 3 is 3.06 bits per heavy atom. The van der Waals surface area contributed by atoms with Gasteiger partial charge in [-0.15, -0.1) is 0 Å². The molecule has 0 saturated heterocycles. The summed E-state index contributed by atoms with van der Waals surface area (Å²) in [6.07, 6.45) is 6.80. The quantitative estimate of drug-likeness (QED) is 0.834. The minimum Gasteiger partial charge on any atom is -0.467 e. The normalized spacial score (nSPS) is 10.9. The molecule has 17 heavy (non-hydrogen) atoms. The minimum atomic E-state index is 0.762. The van der Waals surface area contributed by atoms with Gasteiger partial charge in [0, 0.05) is 23.9 Å². The predicted molar refractivity (Wildman–Crippen MR) is 67.6 cm³/mol. The summed E-state index contributed by atoms with van der Waals surface area (Å²) in [7, 11) is 0. The fraction of sp³-hybridized carbons (Fsp3) is 0.462. The van der Waals surface area contributed by atoms with E-state index in [0.29, 0.717) is 0 Å². The van der Waals surface area contributed by atoms with E-state index in [4.69, 9.17) is 4.42 Å². The number of aromatic nitrogens is 2. The van der Waals surface area contributed by atoms with Crippen LogP contribution in [-0.4, -0.2) is 16.3 Å². The average molecular weight is 233 g/mol. The third kappa shape index (κ3) is 2.77. The van der Waals surface area contributed by atoms with Gasteiger partial charge in [0.15, 0.2) is 0 Å². The van der Waals surface area contributed by atoms with E-state index in [1.165, 1.54) is 0 Å². The van der Waals surface area contributed by atoms with Crippen LogP contribution in [0, 0.1) is 0 Å². The van der Waals surface area contributed by atoms with E-state index in [1.807, 2.05) is 16.9 Å². The van der Waals surface area contributed by atoms with E-state index in [0.717, 1.165) is 42.9 Å². The van der Waals surface area contributed by atoms with Crippen molar-refractivity contribution in [2.24, 2.45) is 0 Å². The fourth-order valence-electron chi connectivity index (χ4n) is 1.83. The van der Waals surface area contributed by atoms with Crippen LogP contribution in [0.2, 0.25) is 0 Å². The molecule has 4 nitrogen and oxygen atoms in total. The van der Waals surface area contributed by atoms with Crippen LogP contribution in [0.25, 0.3) is 11.1 Å². The van der Waals surface area contributed by atoms with Crippen LogP contribution in [0.5, 0.6) is 0 Å². The molecule has 2 rings (SSSR count). The second kappa shape index (κ2) is 5.68. The summed E-state index contributed by atoms with van der Waals surface area (Å²) in [4.78, 5) is 0. The van der Waals surface area contributed by atoms with Gasteiger partial charge in [-0.25, -0.2) is 0 Å². The highest BCUT2D eigenvalue weighted by molar-refractivity contribution is 5.63. The summed E-state index contributed by atoms with van der Waals surface area (Å²) in [5.41, 5.74) is 2.26. The summed E-state index contributed by atoms with van der Waals surface area (Å²) in [5.74, 6) is 0.975. The molecule has 0 unspecified atom stereocenters. The summed E-state index contributed by atoms with van der Waals surface area (Å²) in [6.45, 7) is 6.89. The van der Waals surface area contributed by atoms with Crippen molar-refractivity contribution in [2.75, 3.05) is 6.54 Å². The molecule has 0 amide bonds. The smallest absolute Gasteiger partial charge is 0.125 e. The Bertz CT molecular complexity index is 459. The molecule has 2 heterocycles. The van der Waals surface area contributed by atoms with Crippen molar-refractivity contribution in [1.82, 2.24) is 15.1 Å². The van der Waals surface area contributed by atoms with Gasteiger partial charge in [-0.05, 0) is 19.0 Å². The van der Waals surface area contributed by atoms with Crippen molar-refractivity contribution < 1.29 is 4.42 Å². The lowest BCUT2D eigenvalue weighted by atomic mass is 10.1. The number of nitrogens with one attached hydrogen (secondary N) is 1. The monoisotopic (exact) mass is 233 g/mol. The zero-order valence-corrected chi connectivity index (χ0v) is 10.4. The largest absolute Gasteiger partial charge is 0.467 e. The minimum absolute atomic E-state index is 0.762. The van der Waals surface area contributed by atoms with Crippen molar-refractivity contribution in [2.45, 2.75) is 33.4 Å². The summed E-state index contributed by atoms with van der Waals surface area (Å²) in [5, 5.41) is 7.61. The standard InChI is InChI=1S/C13H19N3O/c1-3-6-16-10-11(8-15-16)12-5-7-17-13(12)9-14-4-2/h5,7-8,10,14H,3-4,6,9H2,1-2H3. The second-order valence-electron chi connectivity index (χ2n) is 4.03.